The number of ether oxygens (including phenoxy) is 8. The normalized spacial score (nSPS) is 33.0. The van der Waals surface area contributed by atoms with Crippen molar-refractivity contribution in [3.05, 3.63) is 12.7 Å². The molecule has 3 saturated heterocycles. The highest BCUT2D eigenvalue weighted by Gasteiger charge is 2.60. The Hall–Kier alpha value is -1.11. The van der Waals surface area contributed by atoms with Gasteiger partial charge in [-0.25, -0.2) is 0 Å². The van der Waals surface area contributed by atoms with Crippen LogP contribution in [0.5, 0.6) is 0 Å². The van der Waals surface area contributed by atoms with Crippen LogP contribution in [-0.2, 0) is 42.7 Å². The second kappa shape index (κ2) is 10.7. The van der Waals surface area contributed by atoms with E-state index in [1.165, 1.54) is 6.08 Å². The molecule has 3 aliphatic rings. The van der Waals surface area contributed by atoms with Gasteiger partial charge in [0.2, 0.25) is 5.91 Å². The van der Waals surface area contributed by atoms with Crippen molar-refractivity contribution in [3.8, 4) is 0 Å². The number of hydrogen-bond donors (Lipinski definition) is 1. The van der Waals surface area contributed by atoms with E-state index in [1.807, 2.05) is 27.7 Å². The second-order valence-electron chi connectivity index (χ2n) is 8.50. The van der Waals surface area contributed by atoms with Gasteiger partial charge in [0.25, 0.3) is 0 Å². The first-order valence-electron chi connectivity index (χ1n) is 10.7. The number of amides is 1. The number of fused-ring (bicyclic) bond motifs is 3. The Kier molecular flexibility index (Phi) is 8.44. The van der Waals surface area contributed by atoms with Crippen LogP contribution in [0, 0.1) is 0 Å². The summed E-state index contributed by atoms with van der Waals surface area (Å²) < 4.78 is 46.7. The van der Waals surface area contributed by atoms with Crippen LogP contribution in [0.25, 0.3) is 0 Å². The molecule has 31 heavy (non-hydrogen) atoms. The maximum Gasteiger partial charge on any atom is 0.243 e. The zero-order chi connectivity index (χ0) is 22.5. The van der Waals surface area contributed by atoms with E-state index >= 15 is 0 Å². The number of rotatable bonds is 12. The van der Waals surface area contributed by atoms with Gasteiger partial charge in [-0.1, -0.05) is 6.58 Å². The van der Waals surface area contributed by atoms with Crippen molar-refractivity contribution in [2.75, 3.05) is 46.2 Å². The molecular weight excluding hydrogens is 410 g/mol. The van der Waals surface area contributed by atoms with Crippen molar-refractivity contribution in [1.82, 2.24) is 5.32 Å². The summed E-state index contributed by atoms with van der Waals surface area (Å²) in [5.74, 6) is -1.67. The molecule has 3 fully saturated rings. The maximum atomic E-state index is 11.0. The Labute approximate surface area is 183 Å². The van der Waals surface area contributed by atoms with Gasteiger partial charge in [0, 0.05) is 6.54 Å². The molecule has 10 nitrogen and oxygen atoms in total. The fourth-order valence-corrected chi connectivity index (χ4v) is 3.79. The number of nitrogens with one attached hydrogen (secondary N) is 1. The molecule has 0 aromatic rings. The fourth-order valence-electron chi connectivity index (χ4n) is 3.79. The highest BCUT2D eigenvalue weighted by atomic mass is 16.9. The lowest BCUT2D eigenvalue weighted by molar-refractivity contribution is -0.243. The summed E-state index contributed by atoms with van der Waals surface area (Å²) in [5, 5.41) is 2.63. The Bertz CT molecular complexity index is 612. The molecule has 178 valence electrons. The Morgan fingerprint density at radius 3 is 2.16 bits per heavy atom. The second-order valence-corrected chi connectivity index (χ2v) is 8.50. The topological polar surface area (TPSA) is 103 Å². The average molecular weight is 446 g/mol. The molecule has 5 atom stereocenters. The summed E-state index contributed by atoms with van der Waals surface area (Å²) in [7, 11) is 0. The number of carbonyl (C=O) groups is 1. The monoisotopic (exact) mass is 445 g/mol. The van der Waals surface area contributed by atoms with Crippen LogP contribution in [-0.4, -0.2) is 94.4 Å². The zero-order valence-corrected chi connectivity index (χ0v) is 18.8. The smallest absolute Gasteiger partial charge is 0.243 e. The molecule has 0 aromatic carbocycles. The van der Waals surface area contributed by atoms with Crippen LogP contribution in [0.1, 0.15) is 27.7 Å². The van der Waals surface area contributed by atoms with Crippen molar-refractivity contribution < 1.29 is 42.7 Å². The summed E-state index contributed by atoms with van der Waals surface area (Å²) in [6.45, 7) is 13.8. The fraction of sp³-hybridized carbons (Fsp3) is 0.857. The Morgan fingerprint density at radius 2 is 1.45 bits per heavy atom. The van der Waals surface area contributed by atoms with Crippen LogP contribution in [0.15, 0.2) is 12.7 Å². The zero-order valence-electron chi connectivity index (χ0n) is 18.8. The van der Waals surface area contributed by atoms with E-state index in [4.69, 9.17) is 37.9 Å². The van der Waals surface area contributed by atoms with Gasteiger partial charge < -0.3 is 43.2 Å². The standard InChI is InChI=1S/C21H35NO9/c1-6-15(23)22-7-8-24-9-10-25-11-12-26-13-14-16-17(29-20(2,3)28-16)18-19(27-14)31-21(4,5)30-18/h6,14,16-19H,1,7-13H2,2-5H3,(H,22,23)/t14-,16+,17+,18-,19-/m1/s1. The van der Waals surface area contributed by atoms with Crippen molar-refractivity contribution in [2.24, 2.45) is 0 Å². The van der Waals surface area contributed by atoms with Crippen LogP contribution >= 0.6 is 0 Å². The molecule has 0 spiro atoms. The molecule has 0 bridgehead atoms. The molecule has 0 radical (unpaired) electrons. The number of hydrogen-bond acceptors (Lipinski definition) is 9. The van der Waals surface area contributed by atoms with E-state index in [1.54, 1.807) is 0 Å². The van der Waals surface area contributed by atoms with Gasteiger partial charge in [-0.05, 0) is 33.8 Å². The molecule has 0 aliphatic carbocycles. The quantitative estimate of drug-likeness (QED) is 0.344. The Morgan fingerprint density at radius 1 is 0.871 bits per heavy atom. The molecule has 3 heterocycles. The summed E-state index contributed by atoms with van der Waals surface area (Å²) >= 11 is 0. The van der Waals surface area contributed by atoms with Gasteiger partial charge in [-0.15, -0.1) is 0 Å². The van der Waals surface area contributed by atoms with Gasteiger partial charge >= 0.3 is 0 Å². The molecule has 0 unspecified atom stereocenters. The molecule has 3 aliphatic heterocycles. The van der Waals surface area contributed by atoms with Crippen LogP contribution in [0.3, 0.4) is 0 Å². The van der Waals surface area contributed by atoms with E-state index in [0.29, 0.717) is 46.2 Å². The minimum atomic E-state index is -0.737. The lowest BCUT2D eigenvalue weighted by atomic mass is 9.99. The van der Waals surface area contributed by atoms with Crippen molar-refractivity contribution >= 4 is 5.91 Å². The van der Waals surface area contributed by atoms with E-state index in [0.717, 1.165) is 0 Å². The van der Waals surface area contributed by atoms with Crippen LogP contribution in [0.4, 0.5) is 0 Å². The van der Waals surface area contributed by atoms with Gasteiger partial charge in [0.15, 0.2) is 17.9 Å². The predicted molar refractivity (Wildman–Crippen MR) is 108 cm³/mol. The SMILES string of the molecule is C=CC(=O)NCCOCCOCCOC[C@H]1O[C@@H]2OC(C)(C)O[C@@H]2[C@H]2OC(C)(C)O[C@H]21. The third-order valence-electron chi connectivity index (χ3n) is 5.01. The summed E-state index contributed by atoms with van der Waals surface area (Å²) in [6, 6.07) is 0. The van der Waals surface area contributed by atoms with Gasteiger partial charge in [0.05, 0.1) is 39.6 Å². The number of carbonyl (C=O) groups excluding carboxylic acids is 1. The van der Waals surface area contributed by atoms with Crippen molar-refractivity contribution in [3.63, 3.8) is 0 Å². The lowest BCUT2D eigenvalue weighted by Crippen LogP contribution is -2.56. The molecule has 3 rings (SSSR count). The minimum absolute atomic E-state index is 0.213. The van der Waals surface area contributed by atoms with E-state index < -0.39 is 17.9 Å². The largest absolute Gasteiger partial charge is 0.377 e. The van der Waals surface area contributed by atoms with Crippen LogP contribution < -0.4 is 5.32 Å². The van der Waals surface area contributed by atoms with Gasteiger partial charge in [-0.3, -0.25) is 4.79 Å². The minimum Gasteiger partial charge on any atom is -0.377 e. The van der Waals surface area contributed by atoms with Crippen LogP contribution in [0.2, 0.25) is 0 Å². The third kappa shape index (κ3) is 6.93. The van der Waals surface area contributed by atoms with Crippen molar-refractivity contribution in [2.45, 2.75) is 70.0 Å². The Balaban J connectivity index is 1.31. The molecule has 1 amide bonds. The predicted octanol–water partition coefficient (Wildman–Crippen LogP) is 0.735. The highest BCUT2D eigenvalue weighted by molar-refractivity contribution is 5.86. The molecular formula is C21H35NO9. The van der Waals surface area contributed by atoms with E-state index in [-0.39, 0.29) is 30.3 Å². The first-order valence-corrected chi connectivity index (χ1v) is 10.7. The first kappa shape index (κ1) is 24.5. The molecule has 1 N–H and O–H groups in total. The first-order chi connectivity index (χ1) is 14.7. The summed E-state index contributed by atoms with van der Waals surface area (Å²) in [6.07, 6.45) is -0.557. The van der Waals surface area contributed by atoms with E-state index in [9.17, 15) is 4.79 Å². The van der Waals surface area contributed by atoms with Gasteiger partial charge in [-0.2, -0.15) is 0 Å². The molecule has 0 saturated carbocycles. The van der Waals surface area contributed by atoms with E-state index in [2.05, 4.69) is 11.9 Å². The van der Waals surface area contributed by atoms with Gasteiger partial charge in [0.1, 0.15) is 24.4 Å². The average Bonchev–Trinajstić information content (AvgIpc) is 3.19. The summed E-state index contributed by atoms with van der Waals surface area (Å²) in [5.41, 5.74) is 0. The highest BCUT2D eigenvalue weighted by Crippen LogP contribution is 2.44. The maximum absolute atomic E-state index is 11.0. The lowest BCUT2D eigenvalue weighted by Gasteiger charge is -2.37. The van der Waals surface area contributed by atoms with Crippen molar-refractivity contribution in [1.29, 1.82) is 0 Å². The summed E-state index contributed by atoms with van der Waals surface area (Å²) in [4.78, 5) is 11.0. The molecule has 10 heteroatoms. The molecule has 0 aromatic heterocycles. The third-order valence-corrected chi connectivity index (χ3v) is 5.01.